The van der Waals surface area contributed by atoms with Crippen LogP contribution in [0.3, 0.4) is 0 Å². The first kappa shape index (κ1) is 7.90. The molecule has 0 radical (unpaired) electrons. The van der Waals surface area contributed by atoms with Gasteiger partial charge in [-0.1, -0.05) is 6.58 Å². The predicted molar refractivity (Wildman–Crippen MR) is 38.4 cm³/mol. The normalized spacial score (nSPS) is 12.9. The molecule has 0 aromatic carbocycles. The lowest BCUT2D eigenvalue weighted by Crippen LogP contribution is -2.14. The predicted octanol–water partition coefficient (Wildman–Crippen LogP) is -0.295. The Labute approximate surface area is 63.5 Å². The van der Waals surface area contributed by atoms with Crippen molar-refractivity contribution in [3.63, 3.8) is 0 Å². The highest BCUT2D eigenvalue weighted by Crippen LogP contribution is 2.07. The Balaban J connectivity index is 2.79. The Morgan fingerprint density at radius 3 is 2.91 bits per heavy atom. The van der Waals surface area contributed by atoms with Crippen LogP contribution in [0.5, 0.6) is 0 Å². The maximum absolute atomic E-state index is 8.59. The molecule has 0 fully saturated rings. The van der Waals surface area contributed by atoms with Gasteiger partial charge >= 0.3 is 0 Å². The molecule has 0 aliphatic heterocycles. The molecule has 0 saturated heterocycles. The van der Waals surface area contributed by atoms with Crippen LogP contribution < -0.4 is 5.73 Å². The molecule has 0 aliphatic rings. The van der Waals surface area contributed by atoms with Crippen molar-refractivity contribution in [1.82, 2.24) is 10.2 Å². The molecule has 60 valence electrons. The average molecular weight is 155 g/mol. The minimum atomic E-state index is -0.601. The summed E-state index contributed by atoms with van der Waals surface area (Å²) >= 11 is 0. The molecule has 0 aliphatic carbocycles. The summed E-state index contributed by atoms with van der Waals surface area (Å²) in [7, 11) is 0. The highest BCUT2D eigenvalue weighted by molar-refractivity contribution is 5.32. The van der Waals surface area contributed by atoms with Gasteiger partial charge in [-0.25, -0.2) is 0 Å². The summed E-state index contributed by atoms with van der Waals surface area (Å²) in [4.78, 5) is 0. The first-order valence-corrected chi connectivity index (χ1v) is 3.10. The smallest absolute Gasteiger partial charge is 0.240 e. The number of nitrogens with zero attached hydrogens (tertiary/aromatic N) is 2. The van der Waals surface area contributed by atoms with Gasteiger partial charge in [-0.3, -0.25) is 0 Å². The van der Waals surface area contributed by atoms with Crippen molar-refractivity contribution in [2.75, 3.05) is 6.61 Å². The summed E-state index contributed by atoms with van der Waals surface area (Å²) in [5, 5.41) is 15.8. The molecule has 1 heterocycles. The quantitative estimate of drug-likeness (QED) is 0.626. The molecule has 5 nitrogen and oxygen atoms in total. The van der Waals surface area contributed by atoms with E-state index in [0.717, 1.165) is 0 Å². The summed E-state index contributed by atoms with van der Waals surface area (Å²) in [5.74, 6) is 0.534. The lowest BCUT2D eigenvalue weighted by Gasteiger charge is -1.98. The van der Waals surface area contributed by atoms with Gasteiger partial charge < -0.3 is 15.3 Å². The van der Waals surface area contributed by atoms with Crippen LogP contribution in [0.15, 0.2) is 11.0 Å². The maximum Gasteiger partial charge on any atom is 0.240 e. The average Bonchev–Trinajstić information content (AvgIpc) is 2.50. The lowest BCUT2D eigenvalue weighted by atomic mass is 10.3. The molecular weight excluding hydrogens is 146 g/mol. The van der Waals surface area contributed by atoms with Gasteiger partial charge in [-0.2, -0.15) is 0 Å². The number of aromatic nitrogens is 2. The molecule has 0 amide bonds. The summed E-state index contributed by atoms with van der Waals surface area (Å²) in [5.41, 5.74) is 5.38. The highest BCUT2D eigenvalue weighted by atomic mass is 16.4. The molecule has 0 spiro atoms. The molecule has 0 bridgehead atoms. The van der Waals surface area contributed by atoms with Crippen molar-refractivity contribution >= 4 is 6.08 Å². The van der Waals surface area contributed by atoms with Gasteiger partial charge in [0.2, 0.25) is 11.8 Å². The van der Waals surface area contributed by atoms with Gasteiger partial charge in [-0.15, -0.1) is 10.2 Å². The number of aliphatic hydroxyl groups excluding tert-OH is 1. The van der Waals surface area contributed by atoms with Crippen molar-refractivity contribution in [2.45, 2.75) is 6.04 Å². The molecule has 0 saturated carbocycles. The Morgan fingerprint density at radius 2 is 2.45 bits per heavy atom. The minimum absolute atomic E-state index is 0.210. The fourth-order valence-corrected chi connectivity index (χ4v) is 0.557. The largest absolute Gasteiger partial charge is 0.420 e. The third-order valence-electron chi connectivity index (χ3n) is 1.14. The van der Waals surface area contributed by atoms with Gasteiger partial charge in [0.1, 0.15) is 6.04 Å². The molecule has 1 aromatic rings. The molecule has 11 heavy (non-hydrogen) atoms. The Bertz CT molecular complexity index is 246. The van der Waals surface area contributed by atoms with Crippen LogP contribution in [0, 0.1) is 0 Å². The third kappa shape index (κ3) is 1.63. The zero-order valence-electron chi connectivity index (χ0n) is 5.90. The van der Waals surface area contributed by atoms with Crippen molar-refractivity contribution in [2.24, 2.45) is 5.73 Å². The molecule has 1 atom stereocenters. The van der Waals surface area contributed by atoms with Gasteiger partial charge in [0.15, 0.2) is 0 Å². The molecule has 1 rings (SSSR count). The van der Waals surface area contributed by atoms with E-state index in [9.17, 15) is 0 Å². The van der Waals surface area contributed by atoms with E-state index >= 15 is 0 Å². The zero-order valence-corrected chi connectivity index (χ0v) is 5.90. The summed E-state index contributed by atoms with van der Waals surface area (Å²) in [6.07, 6.45) is 1.42. The van der Waals surface area contributed by atoms with Crippen LogP contribution in [0.25, 0.3) is 6.08 Å². The van der Waals surface area contributed by atoms with E-state index in [4.69, 9.17) is 15.3 Å². The molecule has 3 N–H and O–H groups in total. The van der Waals surface area contributed by atoms with Gasteiger partial charge in [-0.05, 0) is 6.08 Å². The SMILES string of the molecule is C=Cc1nnc(C(N)CO)o1. The van der Waals surface area contributed by atoms with Crippen LogP contribution >= 0.6 is 0 Å². The summed E-state index contributed by atoms with van der Waals surface area (Å²) in [6, 6.07) is -0.601. The molecular formula is C6H9N3O2. The van der Waals surface area contributed by atoms with E-state index in [0.29, 0.717) is 5.89 Å². The third-order valence-corrected chi connectivity index (χ3v) is 1.14. The number of nitrogens with two attached hydrogens (primary N) is 1. The number of rotatable bonds is 3. The van der Waals surface area contributed by atoms with E-state index in [-0.39, 0.29) is 12.5 Å². The molecule has 1 aromatic heterocycles. The van der Waals surface area contributed by atoms with Gasteiger partial charge in [0.05, 0.1) is 6.61 Å². The Morgan fingerprint density at radius 1 is 1.73 bits per heavy atom. The van der Waals surface area contributed by atoms with Gasteiger partial charge in [0, 0.05) is 0 Å². The summed E-state index contributed by atoms with van der Waals surface area (Å²) in [6.45, 7) is 3.22. The second-order valence-corrected chi connectivity index (χ2v) is 1.97. The van der Waals surface area contributed by atoms with E-state index in [1.165, 1.54) is 6.08 Å². The monoisotopic (exact) mass is 155 g/mol. The maximum atomic E-state index is 8.59. The minimum Gasteiger partial charge on any atom is -0.420 e. The van der Waals surface area contributed by atoms with Crippen LogP contribution in [-0.2, 0) is 0 Å². The fourth-order valence-electron chi connectivity index (χ4n) is 0.557. The zero-order chi connectivity index (χ0) is 8.27. The fraction of sp³-hybridized carbons (Fsp3) is 0.333. The van der Waals surface area contributed by atoms with E-state index in [1.807, 2.05) is 0 Å². The first-order valence-electron chi connectivity index (χ1n) is 3.10. The Hall–Kier alpha value is -1.20. The van der Waals surface area contributed by atoms with E-state index in [2.05, 4.69) is 16.8 Å². The van der Waals surface area contributed by atoms with Crippen molar-refractivity contribution in [3.05, 3.63) is 18.4 Å². The molecule has 5 heteroatoms. The van der Waals surface area contributed by atoms with Crippen molar-refractivity contribution < 1.29 is 9.52 Å². The van der Waals surface area contributed by atoms with Crippen LogP contribution in [0.4, 0.5) is 0 Å². The van der Waals surface area contributed by atoms with Crippen molar-refractivity contribution in [1.29, 1.82) is 0 Å². The lowest BCUT2D eigenvalue weighted by molar-refractivity contribution is 0.247. The summed E-state index contributed by atoms with van der Waals surface area (Å²) < 4.78 is 4.96. The topological polar surface area (TPSA) is 85.2 Å². The van der Waals surface area contributed by atoms with Crippen LogP contribution in [0.1, 0.15) is 17.8 Å². The number of hydrogen-bond donors (Lipinski definition) is 2. The van der Waals surface area contributed by atoms with Crippen LogP contribution in [-0.4, -0.2) is 21.9 Å². The van der Waals surface area contributed by atoms with E-state index in [1.54, 1.807) is 0 Å². The number of aliphatic hydroxyl groups is 1. The molecule has 1 unspecified atom stereocenters. The van der Waals surface area contributed by atoms with Gasteiger partial charge in [0.25, 0.3) is 0 Å². The second kappa shape index (κ2) is 3.27. The van der Waals surface area contributed by atoms with Crippen LogP contribution in [0.2, 0.25) is 0 Å². The highest BCUT2D eigenvalue weighted by Gasteiger charge is 2.11. The first-order chi connectivity index (χ1) is 5.27. The van der Waals surface area contributed by atoms with Crippen molar-refractivity contribution in [3.8, 4) is 0 Å². The van der Waals surface area contributed by atoms with E-state index < -0.39 is 6.04 Å². The Kier molecular flexibility index (Phi) is 2.35. The second-order valence-electron chi connectivity index (χ2n) is 1.97. The number of hydrogen-bond acceptors (Lipinski definition) is 5. The standard InChI is InChI=1S/C6H9N3O2/c1-2-5-8-9-6(11-5)4(7)3-10/h2,4,10H,1,3,7H2.